The molecule has 7 nitrogen and oxygen atoms in total. The van der Waals surface area contributed by atoms with Gasteiger partial charge in [-0.05, 0) is 24.3 Å². The number of carbonyl (C=O) groups is 1. The summed E-state index contributed by atoms with van der Waals surface area (Å²) in [6.45, 7) is 0.857. The van der Waals surface area contributed by atoms with Crippen LogP contribution in [0.15, 0.2) is 52.7 Å². The van der Waals surface area contributed by atoms with Crippen molar-refractivity contribution >= 4 is 21.8 Å². The lowest BCUT2D eigenvalue weighted by Gasteiger charge is -2.28. The number of amides is 1. The molecule has 0 radical (unpaired) electrons. The number of hydrogen-bond acceptors (Lipinski definition) is 5. The molecule has 0 bridgehead atoms. The van der Waals surface area contributed by atoms with Gasteiger partial charge in [-0.1, -0.05) is 6.07 Å². The summed E-state index contributed by atoms with van der Waals surface area (Å²) >= 11 is 0. The van der Waals surface area contributed by atoms with Crippen LogP contribution in [0.25, 0.3) is 0 Å². The molecule has 1 aromatic heterocycles. The van der Waals surface area contributed by atoms with Crippen molar-refractivity contribution in [2.24, 2.45) is 4.40 Å². The number of likely N-dealkylation sites (N-methyl/N-ethyl adjacent to an activating group) is 1. The zero-order valence-corrected chi connectivity index (χ0v) is 14.1. The normalized spacial score (nSPS) is 18.5. The summed E-state index contributed by atoms with van der Waals surface area (Å²) in [7, 11) is -1.64. The lowest BCUT2D eigenvalue weighted by atomic mass is 10.1. The highest BCUT2D eigenvalue weighted by atomic mass is 32.2. The van der Waals surface area contributed by atoms with Crippen molar-refractivity contribution in [3.05, 3.63) is 54.0 Å². The van der Waals surface area contributed by atoms with Crippen LogP contribution >= 0.6 is 0 Å². The first-order chi connectivity index (χ1) is 11.4. The summed E-state index contributed by atoms with van der Waals surface area (Å²) in [6, 6.07) is 5.70. The topological polar surface area (TPSA) is 82.9 Å². The van der Waals surface area contributed by atoms with Crippen molar-refractivity contribution in [3.63, 3.8) is 0 Å². The summed E-state index contributed by atoms with van der Waals surface area (Å²) < 4.78 is 26.7. The van der Waals surface area contributed by atoms with Crippen LogP contribution in [-0.2, 0) is 21.2 Å². The van der Waals surface area contributed by atoms with Crippen molar-refractivity contribution in [1.29, 1.82) is 0 Å². The lowest BCUT2D eigenvalue weighted by molar-refractivity contribution is -0.125. The predicted octanol–water partition coefficient (Wildman–Crippen LogP) is 0.580. The van der Waals surface area contributed by atoms with Gasteiger partial charge in [-0.15, -0.1) is 4.40 Å². The highest BCUT2D eigenvalue weighted by Gasteiger charge is 2.25. The molecule has 0 N–H and O–H groups in total. The number of aromatic nitrogens is 1. The van der Waals surface area contributed by atoms with Crippen molar-refractivity contribution in [3.8, 4) is 0 Å². The zero-order chi connectivity index (χ0) is 17.2. The SMILES string of the molecule is CN(CCc1ccccn1)C(=O)C1=CN2CCS(=O)(=O)N=C2C=C1. The van der Waals surface area contributed by atoms with Gasteiger partial charge in [-0.3, -0.25) is 9.78 Å². The van der Waals surface area contributed by atoms with Crippen molar-refractivity contribution in [2.75, 3.05) is 25.9 Å². The molecule has 0 fully saturated rings. The van der Waals surface area contributed by atoms with E-state index in [1.807, 2.05) is 18.2 Å². The van der Waals surface area contributed by atoms with E-state index in [2.05, 4.69) is 9.38 Å². The second kappa shape index (κ2) is 6.56. The maximum atomic E-state index is 12.5. The Hall–Kier alpha value is -2.48. The van der Waals surface area contributed by atoms with Gasteiger partial charge in [0.15, 0.2) is 0 Å². The first-order valence-electron chi connectivity index (χ1n) is 7.59. The van der Waals surface area contributed by atoms with Gasteiger partial charge < -0.3 is 9.80 Å². The number of amidine groups is 1. The van der Waals surface area contributed by atoms with Gasteiger partial charge >= 0.3 is 0 Å². The van der Waals surface area contributed by atoms with E-state index in [-0.39, 0.29) is 11.7 Å². The minimum Gasteiger partial charge on any atom is -0.341 e. The summed E-state index contributed by atoms with van der Waals surface area (Å²) in [4.78, 5) is 20.1. The third kappa shape index (κ3) is 3.70. The average molecular weight is 346 g/mol. The molecule has 1 aromatic rings. The second-order valence-corrected chi connectivity index (χ2v) is 7.40. The largest absolute Gasteiger partial charge is 0.341 e. The van der Waals surface area contributed by atoms with E-state index in [0.29, 0.717) is 30.9 Å². The predicted molar refractivity (Wildman–Crippen MR) is 90.7 cm³/mol. The molecule has 3 rings (SSSR count). The smallest absolute Gasteiger partial charge is 0.256 e. The third-order valence-electron chi connectivity index (χ3n) is 3.85. The summed E-state index contributed by atoms with van der Waals surface area (Å²) in [6.07, 6.45) is 7.24. The molecule has 0 aromatic carbocycles. The van der Waals surface area contributed by atoms with Gasteiger partial charge in [0.1, 0.15) is 5.84 Å². The monoisotopic (exact) mass is 346 g/mol. The second-order valence-electron chi connectivity index (χ2n) is 5.64. The lowest BCUT2D eigenvalue weighted by Crippen LogP contribution is -2.38. The number of carbonyl (C=O) groups excluding carboxylic acids is 1. The molecule has 8 heteroatoms. The van der Waals surface area contributed by atoms with Gasteiger partial charge in [0.2, 0.25) is 0 Å². The molecule has 126 valence electrons. The fraction of sp³-hybridized carbons (Fsp3) is 0.312. The zero-order valence-electron chi connectivity index (χ0n) is 13.3. The van der Waals surface area contributed by atoms with Gasteiger partial charge in [-0.2, -0.15) is 0 Å². The minimum absolute atomic E-state index is 0.0438. The van der Waals surface area contributed by atoms with Crippen molar-refractivity contribution in [1.82, 2.24) is 14.8 Å². The highest BCUT2D eigenvalue weighted by Crippen LogP contribution is 2.17. The summed E-state index contributed by atoms with van der Waals surface area (Å²) in [5, 5.41) is 0. The number of nitrogens with zero attached hydrogens (tertiary/aromatic N) is 4. The Morgan fingerprint density at radius 3 is 2.92 bits per heavy atom. The molecule has 0 saturated heterocycles. The Labute approximate surface area is 141 Å². The standard InChI is InChI=1S/C16H18N4O3S/c1-19(9-7-14-4-2-3-8-17-14)16(21)13-5-6-15-18-24(22,23)11-10-20(15)12-13/h2-6,8,12H,7,9-11H2,1H3. The minimum atomic E-state index is -3.38. The average Bonchev–Trinajstić information content (AvgIpc) is 2.58. The molecule has 0 saturated carbocycles. The number of rotatable bonds is 4. The van der Waals surface area contributed by atoms with Crippen LogP contribution < -0.4 is 0 Å². The van der Waals surface area contributed by atoms with Crippen LogP contribution in [0.1, 0.15) is 5.69 Å². The maximum Gasteiger partial charge on any atom is 0.256 e. The van der Waals surface area contributed by atoms with E-state index >= 15 is 0 Å². The van der Waals surface area contributed by atoms with E-state index in [9.17, 15) is 13.2 Å². The quantitative estimate of drug-likeness (QED) is 0.796. The van der Waals surface area contributed by atoms with Crippen LogP contribution in [0.2, 0.25) is 0 Å². The molecule has 0 aliphatic carbocycles. The highest BCUT2D eigenvalue weighted by molar-refractivity contribution is 7.90. The molecule has 24 heavy (non-hydrogen) atoms. The van der Waals surface area contributed by atoms with Crippen molar-refractivity contribution < 1.29 is 13.2 Å². The van der Waals surface area contributed by atoms with Gasteiger partial charge in [0.05, 0.1) is 11.3 Å². The Kier molecular flexibility index (Phi) is 4.48. The van der Waals surface area contributed by atoms with E-state index in [0.717, 1.165) is 5.69 Å². The number of fused-ring (bicyclic) bond motifs is 1. The van der Waals surface area contributed by atoms with Crippen LogP contribution in [0.5, 0.6) is 0 Å². The molecule has 3 heterocycles. The molecular formula is C16H18N4O3S. The van der Waals surface area contributed by atoms with E-state index < -0.39 is 10.0 Å². The Morgan fingerprint density at radius 1 is 1.33 bits per heavy atom. The van der Waals surface area contributed by atoms with Crippen LogP contribution in [0, 0.1) is 0 Å². The summed E-state index contributed by atoms with van der Waals surface area (Å²) in [5.74, 6) is 0.196. The summed E-state index contributed by atoms with van der Waals surface area (Å²) in [5.41, 5.74) is 1.44. The first kappa shape index (κ1) is 16.4. The van der Waals surface area contributed by atoms with E-state index in [1.54, 1.807) is 41.4 Å². The maximum absolute atomic E-state index is 12.5. The van der Waals surface area contributed by atoms with Gasteiger partial charge in [-0.25, -0.2) is 8.42 Å². The fourth-order valence-corrected chi connectivity index (χ4v) is 3.45. The number of hydrogen-bond donors (Lipinski definition) is 0. The third-order valence-corrected chi connectivity index (χ3v) is 5.01. The Balaban J connectivity index is 1.65. The van der Waals surface area contributed by atoms with Gasteiger partial charge in [0.25, 0.3) is 15.9 Å². The first-order valence-corrected chi connectivity index (χ1v) is 9.20. The molecule has 2 aliphatic heterocycles. The van der Waals surface area contributed by atoms with Crippen molar-refractivity contribution in [2.45, 2.75) is 6.42 Å². The molecule has 0 atom stereocenters. The van der Waals surface area contributed by atoms with E-state index in [1.165, 1.54) is 0 Å². The Bertz CT molecular complexity index is 828. The number of pyridine rings is 1. The number of sulfonamides is 1. The van der Waals surface area contributed by atoms with Crippen LogP contribution in [0.4, 0.5) is 0 Å². The fourth-order valence-electron chi connectivity index (χ4n) is 2.48. The molecule has 0 unspecified atom stereocenters. The van der Waals surface area contributed by atoms with Crippen LogP contribution in [0.3, 0.4) is 0 Å². The molecular weight excluding hydrogens is 328 g/mol. The Morgan fingerprint density at radius 2 is 2.17 bits per heavy atom. The molecule has 2 aliphatic rings. The molecule has 1 amide bonds. The van der Waals surface area contributed by atoms with E-state index in [4.69, 9.17) is 0 Å². The van der Waals surface area contributed by atoms with Crippen LogP contribution in [-0.4, -0.2) is 60.8 Å². The van der Waals surface area contributed by atoms with Gasteiger partial charge in [0, 0.05) is 44.6 Å². The molecule has 0 spiro atoms.